The van der Waals surface area contributed by atoms with Crippen LogP contribution in [0, 0.1) is 0 Å². The standard InChI is InChI=1S/C15H15ClO4S/c1-3-20-15(19)12(17)7-8-13(21-2)14(18)10-5-4-6-11(16)9-10/h4-9,18H,3H2,1-2H3. The minimum atomic E-state index is -0.920. The molecule has 4 nitrogen and oxygen atoms in total. The molecule has 0 aliphatic carbocycles. The van der Waals surface area contributed by atoms with Crippen LogP contribution in [0.2, 0.25) is 5.02 Å². The van der Waals surface area contributed by atoms with Gasteiger partial charge >= 0.3 is 5.97 Å². The Morgan fingerprint density at radius 2 is 2.10 bits per heavy atom. The molecule has 6 heteroatoms. The van der Waals surface area contributed by atoms with E-state index in [-0.39, 0.29) is 12.4 Å². The van der Waals surface area contributed by atoms with E-state index < -0.39 is 11.8 Å². The lowest BCUT2D eigenvalue weighted by molar-refractivity contribution is -0.151. The SMILES string of the molecule is CCOC(=O)C(=O)C=CC(SC)=C(O)c1cccc(Cl)c1. The van der Waals surface area contributed by atoms with Gasteiger partial charge in [-0.1, -0.05) is 23.7 Å². The average Bonchev–Trinajstić information content (AvgIpc) is 2.47. The fourth-order valence-electron chi connectivity index (χ4n) is 1.44. The number of allylic oxidation sites excluding steroid dienone is 1. The molecule has 0 unspecified atom stereocenters. The van der Waals surface area contributed by atoms with Crippen LogP contribution in [0.1, 0.15) is 12.5 Å². The number of carbonyl (C=O) groups is 2. The number of aliphatic hydroxyl groups is 1. The maximum Gasteiger partial charge on any atom is 0.379 e. The number of ketones is 1. The van der Waals surface area contributed by atoms with Crippen molar-refractivity contribution in [1.82, 2.24) is 0 Å². The molecule has 1 rings (SSSR count). The van der Waals surface area contributed by atoms with Crippen molar-refractivity contribution in [2.24, 2.45) is 0 Å². The Hall–Kier alpha value is -1.72. The molecule has 1 aromatic rings. The van der Waals surface area contributed by atoms with Crippen LogP contribution in [0.3, 0.4) is 0 Å². The van der Waals surface area contributed by atoms with Crippen LogP contribution in [-0.4, -0.2) is 29.7 Å². The van der Waals surface area contributed by atoms with Crippen molar-refractivity contribution in [2.45, 2.75) is 6.92 Å². The van der Waals surface area contributed by atoms with Gasteiger partial charge in [0.2, 0.25) is 0 Å². The van der Waals surface area contributed by atoms with E-state index in [1.54, 1.807) is 37.4 Å². The summed E-state index contributed by atoms with van der Waals surface area (Å²) >= 11 is 7.11. The summed E-state index contributed by atoms with van der Waals surface area (Å²) in [4.78, 5) is 23.1. The Bertz CT molecular complexity index is 593. The van der Waals surface area contributed by atoms with Crippen LogP contribution in [0.15, 0.2) is 41.3 Å². The lowest BCUT2D eigenvalue weighted by Gasteiger charge is -2.05. The molecule has 21 heavy (non-hydrogen) atoms. The van der Waals surface area contributed by atoms with Crippen molar-refractivity contribution >= 4 is 40.9 Å². The first-order chi connectivity index (χ1) is 9.99. The first-order valence-corrected chi connectivity index (χ1v) is 7.72. The number of benzene rings is 1. The molecule has 0 aromatic heterocycles. The second-order valence-corrected chi connectivity index (χ2v) is 5.13. The monoisotopic (exact) mass is 326 g/mol. The predicted octanol–water partition coefficient (Wildman–Crippen LogP) is 3.62. The van der Waals surface area contributed by atoms with Crippen molar-refractivity contribution < 1.29 is 19.4 Å². The van der Waals surface area contributed by atoms with E-state index in [2.05, 4.69) is 4.74 Å². The van der Waals surface area contributed by atoms with Gasteiger partial charge in [0.25, 0.3) is 5.78 Å². The van der Waals surface area contributed by atoms with Crippen LogP contribution in [0.25, 0.3) is 5.76 Å². The van der Waals surface area contributed by atoms with E-state index in [4.69, 9.17) is 11.6 Å². The highest BCUT2D eigenvalue weighted by molar-refractivity contribution is 8.02. The topological polar surface area (TPSA) is 63.6 Å². The number of thioether (sulfide) groups is 1. The molecular formula is C15H15ClO4S. The number of hydrogen-bond acceptors (Lipinski definition) is 5. The first kappa shape index (κ1) is 17.3. The summed E-state index contributed by atoms with van der Waals surface area (Å²) in [5, 5.41) is 10.7. The zero-order chi connectivity index (χ0) is 15.8. The van der Waals surface area contributed by atoms with Crippen LogP contribution < -0.4 is 0 Å². The molecule has 0 spiro atoms. The second kappa shape index (κ2) is 8.54. The molecule has 0 aliphatic rings. The zero-order valence-electron chi connectivity index (χ0n) is 11.6. The van der Waals surface area contributed by atoms with E-state index >= 15 is 0 Å². The number of ether oxygens (including phenoxy) is 1. The van der Waals surface area contributed by atoms with Gasteiger partial charge < -0.3 is 9.84 Å². The highest BCUT2D eigenvalue weighted by Gasteiger charge is 2.12. The molecule has 0 heterocycles. The van der Waals surface area contributed by atoms with Crippen molar-refractivity contribution in [1.29, 1.82) is 0 Å². The maximum absolute atomic E-state index is 11.5. The van der Waals surface area contributed by atoms with E-state index in [0.29, 0.717) is 15.5 Å². The third-order valence-corrected chi connectivity index (χ3v) is 3.42. The Balaban J connectivity index is 2.99. The summed E-state index contributed by atoms with van der Waals surface area (Å²) < 4.78 is 4.59. The van der Waals surface area contributed by atoms with Gasteiger partial charge in [0.05, 0.1) is 6.61 Å². The molecule has 1 N–H and O–H groups in total. The summed E-state index contributed by atoms with van der Waals surface area (Å²) in [6, 6.07) is 6.70. The highest BCUT2D eigenvalue weighted by atomic mass is 35.5. The Labute approximate surface area is 132 Å². The van der Waals surface area contributed by atoms with E-state index in [9.17, 15) is 14.7 Å². The average molecular weight is 327 g/mol. The molecule has 0 aliphatic heterocycles. The number of rotatable bonds is 6. The van der Waals surface area contributed by atoms with Gasteiger partial charge in [-0.3, -0.25) is 4.79 Å². The van der Waals surface area contributed by atoms with Gasteiger partial charge in [-0.05, 0) is 37.5 Å². The van der Waals surface area contributed by atoms with Crippen molar-refractivity contribution in [3.63, 3.8) is 0 Å². The summed E-state index contributed by atoms with van der Waals surface area (Å²) in [5.41, 5.74) is 0.528. The van der Waals surface area contributed by atoms with Gasteiger partial charge in [0.1, 0.15) is 5.76 Å². The van der Waals surface area contributed by atoms with Gasteiger partial charge in [-0.2, -0.15) is 0 Å². The molecule has 1 aromatic carbocycles. The van der Waals surface area contributed by atoms with E-state index in [1.165, 1.54) is 17.8 Å². The molecule has 0 amide bonds. The van der Waals surface area contributed by atoms with Crippen molar-refractivity contribution in [2.75, 3.05) is 12.9 Å². The smallest absolute Gasteiger partial charge is 0.379 e. The molecular weight excluding hydrogens is 312 g/mol. The summed E-state index contributed by atoms with van der Waals surface area (Å²) in [6.45, 7) is 1.75. The fraction of sp³-hybridized carbons (Fsp3) is 0.200. The minimum absolute atomic E-state index is 0.0158. The Morgan fingerprint density at radius 1 is 1.38 bits per heavy atom. The van der Waals surface area contributed by atoms with Crippen LogP contribution in [0.5, 0.6) is 0 Å². The zero-order valence-corrected chi connectivity index (χ0v) is 13.2. The Morgan fingerprint density at radius 3 is 2.67 bits per heavy atom. The van der Waals surface area contributed by atoms with Crippen LogP contribution in [-0.2, 0) is 14.3 Å². The number of aliphatic hydroxyl groups excluding tert-OH is 1. The van der Waals surface area contributed by atoms with Crippen LogP contribution in [0.4, 0.5) is 0 Å². The quantitative estimate of drug-likeness (QED) is 0.284. The number of esters is 1. The van der Waals surface area contributed by atoms with Gasteiger partial charge in [-0.25, -0.2) is 4.79 Å². The lowest BCUT2D eigenvalue weighted by Crippen LogP contribution is -2.14. The summed E-state index contributed by atoms with van der Waals surface area (Å²) in [6.07, 6.45) is 4.19. The maximum atomic E-state index is 11.5. The van der Waals surface area contributed by atoms with E-state index in [0.717, 1.165) is 6.08 Å². The first-order valence-electron chi connectivity index (χ1n) is 6.12. The molecule has 0 saturated heterocycles. The molecule has 0 fully saturated rings. The molecule has 0 bridgehead atoms. The van der Waals surface area contributed by atoms with E-state index in [1.807, 2.05) is 0 Å². The normalized spacial score (nSPS) is 12.1. The third kappa shape index (κ3) is 5.28. The largest absolute Gasteiger partial charge is 0.506 e. The third-order valence-electron chi connectivity index (χ3n) is 2.41. The van der Waals surface area contributed by atoms with Gasteiger partial charge in [0.15, 0.2) is 0 Å². The highest BCUT2D eigenvalue weighted by Crippen LogP contribution is 2.26. The Kier molecular flexibility index (Phi) is 7.05. The number of hydrogen-bond donors (Lipinski definition) is 1. The predicted molar refractivity (Wildman–Crippen MR) is 85.3 cm³/mol. The number of carbonyl (C=O) groups excluding carboxylic acids is 2. The fourth-order valence-corrected chi connectivity index (χ4v) is 2.15. The second-order valence-electron chi connectivity index (χ2n) is 3.85. The van der Waals surface area contributed by atoms with Crippen molar-refractivity contribution in [3.8, 4) is 0 Å². The summed E-state index contributed by atoms with van der Waals surface area (Å²) in [7, 11) is 0. The lowest BCUT2D eigenvalue weighted by atomic mass is 10.1. The van der Waals surface area contributed by atoms with Crippen molar-refractivity contribution in [3.05, 3.63) is 51.9 Å². The minimum Gasteiger partial charge on any atom is -0.506 e. The number of halogens is 1. The van der Waals surface area contributed by atoms with Gasteiger partial charge in [-0.15, -0.1) is 11.8 Å². The molecule has 0 saturated carbocycles. The molecule has 0 atom stereocenters. The molecule has 112 valence electrons. The van der Waals surface area contributed by atoms with Crippen LogP contribution >= 0.6 is 23.4 Å². The van der Waals surface area contributed by atoms with Gasteiger partial charge in [0, 0.05) is 15.5 Å². The summed E-state index contributed by atoms with van der Waals surface area (Å²) in [5.74, 6) is -1.71. The molecule has 0 radical (unpaired) electrons.